The van der Waals surface area contributed by atoms with Gasteiger partial charge < -0.3 is 10.4 Å². The van der Waals surface area contributed by atoms with Crippen LogP contribution in [0.1, 0.15) is 36.9 Å². The van der Waals surface area contributed by atoms with Crippen LogP contribution in [-0.2, 0) is 0 Å². The van der Waals surface area contributed by atoms with E-state index in [1.807, 2.05) is 24.3 Å². The molecule has 0 spiro atoms. The van der Waals surface area contributed by atoms with Crippen LogP contribution in [0.5, 0.6) is 0 Å². The second kappa shape index (κ2) is 5.31. The maximum Gasteiger partial charge on any atom is 0.0991 e. The second-order valence-corrected chi connectivity index (χ2v) is 4.86. The summed E-state index contributed by atoms with van der Waals surface area (Å²) in [7, 11) is 0. The first kappa shape index (κ1) is 12.1. The van der Waals surface area contributed by atoms with E-state index in [4.69, 9.17) is 5.26 Å². The fourth-order valence-corrected chi connectivity index (χ4v) is 2.21. The Hall–Kier alpha value is -1.37. The number of hydrogen-bond acceptors (Lipinski definition) is 3. The van der Waals surface area contributed by atoms with Gasteiger partial charge in [0, 0.05) is 6.04 Å². The number of aliphatic hydroxyl groups is 1. The first-order valence-electron chi connectivity index (χ1n) is 6.10. The first-order valence-corrected chi connectivity index (χ1v) is 6.10. The van der Waals surface area contributed by atoms with Gasteiger partial charge in [-0.3, -0.25) is 0 Å². The Kier molecular flexibility index (Phi) is 3.78. The van der Waals surface area contributed by atoms with Gasteiger partial charge in [0.2, 0.25) is 0 Å². The van der Waals surface area contributed by atoms with Crippen molar-refractivity contribution in [1.82, 2.24) is 5.32 Å². The first-order chi connectivity index (χ1) is 8.19. The molecule has 1 aliphatic carbocycles. The molecule has 0 radical (unpaired) electrons. The van der Waals surface area contributed by atoms with E-state index < -0.39 is 0 Å². The summed E-state index contributed by atoms with van der Waals surface area (Å²) in [5.74, 6) is 0.603. The van der Waals surface area contributed by atoms with Crippen molar-refractivity contribution >= 4 is 0 Å². The maximum atomic E-state index is 9.21. The van der Waals surface area contributed by atoms with E-state index in [9.17, 15) is 5.11 Å². The number of nitriles is 1. The molecule has 0 aliphatic heterocycles. The highest BCUT2D eigenvalue weighted by Gasteiger charge is 2.26. The highest BCUT2D eigenvalue weighted by Crippen LogP contribution is 2.27. The third kappa shape index (κ3) is 3.06. The third-order valence-electron chi connectivity index (χ3n) is 3.44. The molecule has 3 nitrogen and oxygen atoms in total. The fourth-order valence-electron chi connectivity index (χ4n) is 2.21. The summed E-state index contributed by atoms with van der Waals surface area (Å²) in [6.45, 7) is 3.04. The molecular formula is C14H18N2O. The van der Waals surface area contributed by atoms with Crippen molar-refractivity contribution in [2.45, 2.75) is 31.9 Å². The van der Waals surface area contributed by atoms with Crippen LogP contribution in [0, 0.1) is 17.2 Å². The maximum absolute atomic E-state index is 9.21. The predicted molar refractivity (Wildman–Crippen MR) is 66.3 cm³/mol. The Morgan fingerprint density at radius 2 is 2.29 bits per heavy atom. The largest absolute Gasteiger partial charge is 0.393 e. The van der Waals surface area contributed by atoms with E-state index in [2.05, 4.69) is 18.3 Å². The monoisotopic (exact) mass is 230 g/mol. The molecule has 0 saturated heterocycles. The molecule has 0 aromatic heterocycles. The average molecular weight is 230 g/mol. The SMILES string of the molecule is CC(NCC1CC(O)C1)c1cccc(C#N)c1. The molecule has 1 aromatic rings. The average Bonchev–Trinajstić information content (AvgIpc) is 2.33. The third-order valence-corrected chi connectivity index (χ3v) is 3.44. The minimum Gasteiger partial charge on any atom is -0.393 e. The molecule has 3 heteroatoms. The molecule has 1 saturated carbocycles. The summed E-state index contributed by atoms with van der Waals surface area (Å²) in [6, 6.07) is 10.1. The summed E-state index contributed by atoms with van der Waals surface area (Å²) in [4.78, 5) is 0. The van der Waals surface area contributed by atoms with Crippen molar-refractivity contribution < 1.29 is 5.11 Å². The number of aliphatic hydroxyl groups excluding tert-OH is 1. The second-order valence-electron chi connectivity index (χ2n) is 4.86. The van der Waals surface area contributed by atoms with E-state index in [0.29, 0.717) is 11.5 Å². The number of rotatable bonds is 4. The standard InChI is InChI=1S/C14H18N2O/c1-10(16-9-12-6-14(17)7-12)13-4-2-3-11(5-13)8-15/h2-5,10,12,14,16-17H,6-7,9H2,1H3. The van der Waals surface area contributed by atoms with Crippen LogP contribution in [0.25, 0.3) is 0 Å². The minimum absolute atomic E-state index is 0.0842. The van der Waals surface area contributed by atoms with Gasteiger partial charge in [0.15, 0.2) is 0 Å². The Morgan fingerprint density at radius 3 is 2.94 bits per heavy atom. The lowest BCUT2D eigenvalue weighted by Crippen LogP contribution is -2.36. The Balaban J connectivity index is 1.86. The molecule has 90 valence electrons. The Morgan fingerprint density at radius 1 is 1.53 bits per heavy atom. The summed E-state index contributed by atoms with van der Waals surface area (Å²) in [5, 5.41) is 21.5. The number of nitrogens with one attached hydrogen (secondary N) is 1. The summed E-state index contributed by atoms with van der Waals surface area (Å²) >= 11 is 0. The van der Waals surface area contributed by atoms with E-state index in [1.54, 1.807) is 0 Å². The predicted octanol–water partition coefficient (Wildman–Crippen LogP) is 1.98. The lowest BCUT2D eigenvalue weighted by molar-refractivity contribution is 0.0420. The number of hydrogen-bond donors (Lipinski definition) is 2. The van der Waals surface area contributed by atoms with E-state index in [1.165, 1.54) is 0 Å². The van der Waals surface area contributed by atoms with Gasteiger partial charge >= 0.3 is 0 Å². The molecule has 0 amide bonds. The Labute approximate surface area is 102 Å². The molecule has 0 heterocycles. The smallest absolute Gasteiger partial charge is 0.0991 e. The fraction of sp³-hybridized carbons (Fsp3) is 0.500. The van der Waals surface area contributed by atoms with Crippen molar-refractivity contribution in [3.8, 4) is 6.07 Å². The van der Waals surface area contributed by atoms with Gasteiger partial charge in [0.25, 0.3) is 0 Å². The lowest BCUT2D eigenvalue weighted by Gasteiger charge is -2.32. The highest BCUT2D eigenvalue weighted by molar-refractivity contribution is 5.34. The van der Waals surface area contributed by atoms with E-state index in [0.717, 1.165) is 24.9 Å². The van der Waals surface area contributed by atoms with Crippen LogP contribution in [0.4, 0.5) is 0 Å². The van der Waals surface area contributed by atoms with Crippen LogP contribution < -0.4 is 5.32 Å². The van der Waals surface area contributed by atoms with Crippen molar-refractivity contribution in [3.63, 3.8) is 0 Å². The van der Waals surface area contributed by atoms with Crippen molar-refractivity contribution in [2.24, 2.45) is 5.92 Å². The van der Waals surface area contributed by atoms with Crippen LogP contribution in [-0.4, -0.2) is 17.8 Å². The van der Waals surface area contributed by atoms with Gasteiger partial charge in [-0.05, 0) is 49.9 Å². The molecule has 2 rings (SSSR count). The molecule has 1 fully saturated rings. The molecular weight excluding hydrogens is 212 g/mol. The van der Waals surface area contributed by atoms with Gasteiger partial charge in [-0.1, -0.05) is 12.1 Å². The number of benzene rings is 1. The normalized spacial score (nSPS) is 24.8. The van der Waals surface area contributed by atoms with Crippen LogP contribution >= 0.6 is 0 Å². The molecule has 1 aromatic carbocycles. The molecule has 1 unspecified atom stereocenters. The Bertz CT molecular complexity index is 418. The molecule has 1 aliphatic rings. The summed E-state index contributed by atoms with van der Waals surface area (Å²) < 4.78 is 0. The molecule has 0 bridgehead atoms. The van der Waals surface area contributed by atoms with Gasteiger partial charge in [-0.25, -0.2) is 0 Å². The molecule has 2 N–H and O–H groups in total. The van der Waals surface area contributed by atoms with Gasteiger partial charge in [-0.2, -0.15) is 5.26 Å². The molecule has 17 heavy (non-hydrogen) atoms. The topological polar surface area (TPSA) is 56.0 Å². The van der Waals surface area contributed by atoms with Crippen molar-refractivity contribution in [2.75, 3.05) is 6.54 Å². The lowest BCUT2D eigenvalue weighted by atomic mass is 9.82. The van der Waals surface area contributed by atoms with Crippen LogP contribution in [0.15, 0.2) is 24.3 Å². The van der Waals surface area contributed by atoms with Gasteiger partial charge in [-0.15, -0.1) is 0 Å². The quantitative estimate of drug-likeness (QED) is 0.831. The van der Waals surface area contributed by atoms with Crippen molar-refractivity contribution in [1.29, 1.82) is 5.26 Å². The number of nitrogens with zero attached hydrogens (tertiary/aromatic N) is 1. The van der Waals surface area contributed by atoms with Crippen LogP contribution in [0.3, 0.4) is 0 Å². The van der Waals surface area contributed by atoms with Gasteiger partial charge in [0.05, 0.1) is 17.7 Å². The molecule has 1 atom stereocenters. The van der Waals surface area contributed by atoms with E-state index >= 15 is 0 Å². The van der Waals surface area contributed by atoms with Crippen molar-refractivity contribution in [3.05, 3.63) is 35.4 Å². The van der Waals surface area contributed by atoms with E-state index in [-0.39, 0.29) is 12.1 Å². The highest BCUT2D eigenvalue weighted by atomic mass is 16.3. The zero-order valence-corrected chi connectivity index (χ0v) is 10.1. The minimum atomic E-state index is -0.0842. The summed E-state index contributed by atoms with van der Waals surface area (Å²) in [5.41, 5.74) is 1.85. The van der Waals surface area contributed by atoms with Crippen LogP contribution in [0.2, 0.25) is 0 Å². The van der Waals surface area contributed by atoms with Gasteiger partial charge in [0.1, 0.15) is 0 Å². The zero-order chi connectivity index (χ0) is 12.3. The summed E-state index contributed by atoms with van der Waals surface area (Å²) in [6.07, 6.45) is 1.75. The zero-order valence-electron chi connectivity index (χ0n) is 10.1.